The monoisotopic (exact) mass is 235 g/mol. The molecule has 1 amide bonds. The number of primary amides is 1. The molecule has 5 heteroatoms. The van der Waals surface area contributed by atoms with Crippen LogP contribution < -0.4 is 15.8 Å². The van der Waals surface area contributed by atoms with E-state index in [-0.39, 0.29) is 6.10 Å². The maximum Gasteiger partial charge on any atom is 0.248 e. The zero-order valence-electron chi connectivity index (χ0n) is 9.85. The largest absolute Gasteiger partial charge is 0.474 e. The van der Waals surface area contributed by atoms with Crippen molar-refractivity contribution in [2.45, 2.75) is 18.9 Å². The van der Waals surface area contributed by atoms with Crippen molar-refractivity contribution in [2.24, 2.45) is 11.7 Å². The number of nitrogens with two attached hydrogens (primary N) is 1. The lowest BCUT2D eigenvalue weighted by atomic mass is 9.82. The van der Waals surface area contributed by atoms with Gasteiger partial charge in [-0.1, -0.05) is 0 Å². The Morgan fingerprint density at radius 3 is 3.06 bits per heavy atom. The normalized spacial score (nSPS) is 22.9. The Hall–Kier alpha value is -1.62. The second-order valence-electron chi connectivity index (χ2n) is 4.38. The van der Waals surface area contributed by atoms with Crippen molar-refractivity contribution in [2.75, 3.05) is 13.6 Å². The van der Waals surface area contributed by atoms with Crippen molar-refractivity contribution in [3.8, 4) is 5.88 Å². The van der Waals surface area contributed by atoms with Crippen molar-refractivity contribution in [3.63, 3.8) is 0 Å². The molecule has 0 atom stereocenters. The third-order valence-corrected chi connectivity index (χ3v) is 2.99. The van der Waals surface area contributed by atoms with Gasteiger partial charge in [0.1, 0.15) is 6.10 Å². The summed E-state index contributed by atoms with van der Waals surface area (Å²) in [5, 5.41) is 3.15. The minimum absolute atomic E-state index is 0.212. The quantitative estimate of drug-likeness (QED) is 0.781. The van der Waals surface area contributed by atoms with Gasteiger partial charge in [0.15, 0.2) is 0 Å². The van der Waals surface area contributed by atoms with Crippen LogP contribution in [0.2, 0.25) is 0 Å². The number of hydrogen-bond acceptors (Lipinski definition) is 4. The van der Waals surface area contributed by atoms with Crippen LogP contribution in [0.3, 0.4) is 0 Å². The number of ether oxygens (including phenoxy) is 1. The van der Waals surface area contributed by atoms with E-state index in [9.17, 15) is 4.79 Å². The molecule has 3 N–H and O–H groups in total. The van der Waals surface area contributed by atoms with Crippen LogP contribution in [0.15, 0.2) is 18.3 Å². The van der Waals surface area contributed by atoms with E-state index in [2.05, 4.69) is 10.3 Å². The molecule has 0 spiro atoms. The molecule has 5 nitrogen and oxygen atoms in total. The van der Waals surface area contributed by atoms with E-state index < -0.39 is 5.91 Å². The molecular formula is C12H17N3O2. The molecule has 17 heavy (non-hydrogen) atoms. The van der Waals surface area contributed by atoms with Gasteiger partial charge in [0, 0.05) is 17.8 Å². The molecule has 1 heterocycles. The number of aromatic nitrogens is 1. The lowest BCUT2D eigenvalue weighted by Crippen LogP contribution is -2.38. The summed E-state index contributed by atoms with van der Waals surface area (Å²) in [6, 6.07) is 3.17. The van der Waals surface area contributed by atoms with Crippen LogP contribution in [0.25, 0.3) is 0 Å². The summed E-state index contributed by atoms with van der Waals surface area (Å²) in [5.41, 5.74) is 5.62. The fourth-order valence-corrected chi connectivity index (χ4v) is 2.02. The first-order chi connectivity index (χ1) is 8.19. The summed E-state index contributed by atoms with van der Waals surface area (Å²) >= 11 is 0. The first-order valence-corrected chi connectivity index (χ1v) is 5.76. The highest BCUT2D eigenvalue weighted by Gasteiger charge is 2.30. The third kappa shape index (κ3) is 2.94. The molecule has 92 valence electrons. The van der Waals surface area contributed by atoms with Crippen LogP contribution in [-0.4, -0.2) is 30.6 Å². The standard InChI is InChI=1S/C12H17N3O2/c1-14-7-8-4-10(5-8)17-11-6-9(12(13)16)2-3-15-11/h2-3,6,8,10,14H,4-5,7H2,1H3,(H2,13,16). The Bertz CT molecular complexity index is 402. The smallest absolute Gasteiger partial charge is 0.248 e. The van der Waals surface area contributed by atoms with Gasteiger partial charge in [0.25, 0.3) is 0 Å². The highest BCUT2D eigenvalue weighted by atomic mass is 16.5. The third-order valence-electron chi connectivity index (χ3n) is 2.99. The molecule has 0 radical (unpaired) electrons. The van der Waals surface area contributed by atoms with Crippen molar-refractivity contribution < 1.29 is 9.53 Å². The van der Waals surface area contributed by atoms with Crippen LogP contribution in [0.4, 0.5) is 0 Å². The molecule has 1 aromatic heterocycles. The van der Waals surface area contributed by atoms with Crippen molar-refractivity contribution in [3.05, 3.63) is 23.9 Å². The SMILES string of the molecule is CNCC1CC(Oc2cc(C(N)=O)ccn2)C1. The maximum atomic E-state index is 11.0. The van der Waals surface area contributed by atoms with Crippen LogP contribution >= 0.6 is 0 Å². The average molecular weight is 235 g/mol. The number of amides is 1. The van der Waals surface area contributed by atoms with Gasteiger partial charge in [0.2, 0.25) is 11.8 Å². The number of pyridine rings is 1. The van der Waals surface area contributed by atoms with Gasteiger partial charge < -0.3 is 15.8 Å². The fourth-order valence-electron chi connectivity index (χ4n) is 2.02. The van der Waals surface area contributed by atoms with Crippen molar-refractivity contribution >= 4 is 5.91 Å². The Morgan fingerprint density at radius 2 is 2.41 bits per heavy atom. The number of rotatable bonds is 5. The molecule has 1 aliphatic carbocycles. The van der Waals surface area contributed by atoms with E-state index in [1.807, 2.05) is 7.05 Å². The van der Waals surface area contributed by atoms with E-state index in [1.165, 1.54) is 0 Å². The van der Waals surface area contributed by atoms with E-state index in [0.717, 1.165) is 19.4 Å². The fraction of sp³-hybridized carbons (Fsp3) is 0.500. The molecule has 1 saturated carbocycles. The minimum Gasteiger partial charge on any atom is -0.474 e. The number of nitrogens with zero attached hydrogens (tertiary/aromatic N) is 1. The van der Waals surface area contributed by atoms with Crippen molar-refractivity contribution in [1.29, 1.82) is 0 Å². The predicted molar refractivity (Wildman–Crippen MR) is 63.8 cm³/mol. The van der Waals surface area contributed by atoms with Crippen LogP contribution in [0.1, 0.15) is 23.2 Å². The molecule has 0 bridgehead atoms. The van der Waals surface area contributed by atoms with Gasteiger partial charge in [-0.3, -0.25) is 4.79 Å². The second kappa shape index (κ2) is 5.14. The summed E-state index contributed by atoms with van der Waals surface area (Å²) in [6.07, 6.45) is 3.82. The molecule has 1 aliphatic rings. The van der Waals surface area contributed by atoms with Crippen LogP contribution in [-0.2, 0) is 0 Å². The van der Waals surface area contributed by atoms with Gasteiger partial charge in [-0.2, -0.15) is 0 Å². The van der Waals surface area contributed by atoms with E-state index >= 15 is 0 Å². The highest BCUT2D eigenvalue weighted by molar-refractivity contribution is 5.92. The lowest BCUT2D eigenvalue weighted by molar-refractivity contribution is 0.0615. The zero-order chi connectivity index (χ0) is 12.3. The molecule has 2 rings (SSSR count). The first kappa shape index (κ1) is 11.9. The lowest BCUT2D eigenvalue weighted by Gasteiger charge is -2.34. The van der Waals surface area contributed by atoms with Gasteiger partial charge in [-0.25, -0.2) is 4.98 Å². The molecule has 1 aromatic rings. The Morgan fingerprint density at radius 1 is 1.65 bits per heavy atom. The summed E-state index contributed by atoms with van der Waals surface area (Å²) in [7, 11) is 1.95. The van der Waals surface area contributed by atoms with Gasteiger partial charge in [-0.15, -0.1) is 0 Å². The highest BCUT2D eigenvalue weighted by Crippen LogP contribution is 2.30. The number of carbonyl (C=O) groups excluding carboxylic acids is 1. The molecule has 0 aromatic carbocycles. The average Bonchev–Trinajstić information content (AvgIpc) is 2.27. The Kier molecular flexibility index (Phi) is 3.58. The molecule has 0 aliphatic heterocycles. The number of nitrogens with one attached hydrogen (secondary N) is 1. The summed E-state index contributed by atoms with van der Waals surface area (Å²) in [4.78, 5) is 15.1. The molecule has 1 fully saturated rings. The summed E-state index contributed by atoms with van der Waals surface area (Å²) in [5.74, 6) is 0.706. The second-order valence-corrected chi connectivity index (χ2v) is 4.38. The summed E-state index contributed by atoms with van der Waals surface area (Å²) < 4.78 is 5.67. The molecule has 0 saturated heterocycles. The maximum absolute atomic E-state index is 11.0. The van der Waals surface area contributed by atoms with Crippen molar-refractivity contribution in [1.82, 2.24) is 10.3 Å². The topological polar surface area (TPSA) is 77.2 Å². The first-order valence-electron chi connectivity index (χ1n) is 5.76. The van der Waals surface area contributed by atoms with Gasteiger partial charge >= 0.3 is 0 Å². The molecular weight excluding hydrogens is 218 g/mol. The van der Waals surface area contributed by atoms with E-state index in [0.29, 0.717) is 17.4 Å². The van der Waals surface area contributed by atoms with Gasteiger partial charge in [-0.05, 0) is 38.4 Å². The van der Waals surface area contributed by atoms with Crippen LogP contribution in [0, 0.1) is 5.92 Å². The minimum atomic E-state index is -0.459. The van der Waals surface area contributed by atoms with Gasteiger partial charge in [0.05, 0.1) is 0 Å². The summed E-state index contributed by atoms with van der Waals surface area (Å²) in [6.45, 7) is 1.02. The Balaban J connectivity index is 1.88. The zero-order valence-corrected chi connectivity index (χ0v) is 9.85. The number of carbonyl (C=O) groups is 1. The predicted octanol–water partition coefficient (Wildman–Crippen LogP) is 0.557. The Labute approximate surface area is 100 Å². The van der Waals surface area contributed by atoms with E-state index in [1.54, 1.807) is 18.3 Å². The number of hydrogen-bond donors (Lipinski definition) is 2. The molecule has 0 unspecified atom stereocenters. The van der Waals surface area contributed by atoms with E-state index in [4.69, 9.17) is 10.5 Å². The van der Waals surface area contributed by atoms with Crippen LogP contribution in [0.5, 0.6) is 5.88 Å².